The van der Waals surface area contributed by atoms with Crippen molar-refractivity contribution in [1.29, 1.82) is 0 Å². The van der Waals surface area contributed by atoms with Crippen LogP contribution in [0.5, 0.6) is 0 Å². The number of hydrogen-bond acceptors (Lipinski definition) is 6. The van der Waals surface area contributed by atoms with E-state index < -0.39 is 32.3 Å². The molecule has 58 heavy (non-hydrogen) atoms. The van der Waals surface area contributed by atoms with Gasteiger partial charge in [-0.05, 0) is 78.2 Å². The molecule has 0 N–H and O–H groups in total. The van der Waals surface area contributed by atoms with Gasteiger partial charge < -0.3 is 9.47 Å². The molecule has 0 spiro atoms. The molecule has 5 aromatic rings. The molecule has 2 aliphatic heterocycles. The molecule has 2 heterocycles. The Hall–Kier alpha value is -2.42. The molecule has 0 bridgehead atoms. The average Bonchev–Trinajstić information content (AvgIpc) is 3.15. The van der Waals surface area contributed by atoms with Crippen LogP contribution in [0.1, 0.15) is 54.2 Å². The molecule has 2 saturated heterocycles. The maximum atomic E-state index is 12.7. The summed E-state index contributed by atoms with van der Waals surface area (Å²) >= 11 is 37.0. The van der Waals surface area contributed by atoms with E-state index in [0.29, 0.717) is 49.6 Å². The molecule has 16 heteroatoms. The molecule has 8 nitrogen and oxygen atoms in total. The first-order valence-corrected chi connectivity index (χ1v) is 23.7. The normalized spacial score (nSPS) is 16.5. The van der Waals surface area contributed by atoms with E-state index in [1.165, 1.54) is 8.61 Å². The van der Waals surface area contributed by atoms with Gasteiger partial charge in [0.1, 0.15) is 12.2 Å². The summed E-state index contributed by atoms with van der Waals surface area (Å²) in [5.41, 5.74) is 3.29. The summed E-state index contributed by atoms with van der Waals surface area (Å²) in [6.45, 7) is 3.21. The molecule has 2 atom stereocenters. The quantitative estimate of drug-likeness (QED) is 0.110. The Bertz CT molecular complexity index is 2380. The predicted molar refractivity (Wildman–Crippen MR) is 235 cm³/mol. The molecule has 0 aromatic heterocycles. The third-order valence-corrected chi connectivity index (χ3v) is 15.0. The fourth-order valence-electron chi connectivity index (χ4n) is 6.35. The minimum atomic E-state index is -3.53. The van der Waals surface area contributed by atoms with Crippen LogP contribution in [0.15, 0.2) is 120 Å². The molecule has 5 aromatic carbocycles. The zero-order valence-corrected chi connectivity index (χ0v) is 37.3. The highest BCUT2D eigenvalue weighted by molar-refractivity contribution is 7.89. The summed E-state index contributed by atoms with van der Waals surface area (Å²) in [7, 11) is -6.74. The zero-order chi connectivity index (χ0) is 41.6. The van der Waals surface area contributed by atoms with Crippen molar-refractivity contribution in [3.8, 4) is 0 Å². The van der Waals surface area contributed by atoms with Crippen molar-refractivity contribution < 1.29 is 26.3 Å². The first-order valence-electron chi connectivity index (χ1n) is 18.4. The molecule has 0 radical (unpaired) electrons. The van der Waals surface area contributed by atoms with Gasteiger partial charge in [-0.1, -0.05) is 138 Å². The minimum absolute atomic E-state index is 0.180. The van der Waals surface area contributed by atoms with Gasteiger partial charge in [0.25, 0.3) is 0 Å². The van der Waals surface area contributed by atoms with Crippen LogP contribution in [0.3, 0.4) is 0 Å². The van der Waals surface area contributed by atoms with E-state index >= 15 is 0 Å². The number of unbranched alkanes of at least 4 members (excludes halogenated alkanes) is 1. The zero-order valence-electron chi connectivity index (χ0n) is 31.2. The largest absolute Gasteiger partial charge is 0.363 e. The first kappa shape index (κ1) is 45.1. The van der Waals surface area contributed by atoms with Crippen molar-refractivity contribution in [1.82, 2.24) is 8.61 Å². The summed E-state index contributed by atoms with van der Waals surface area (Å²) in [6, 6.07) is 33.5. The summed E-state index contributed by atoms with van der Waals surface area (Å²) in [4.78, 5) is 0.276. The maximum absolute atomic E-state index is 12.7. The molecule has 308 valence electrons. The Kier molecular flexibility index (Phi) is 15.5. The summed E-state index contributed by atoms with van der Waals surface area (Å²) in [6.07, 6.45) is 0.129. The van der Waals surface area contributed by atoms with Gasteiger partial charge in [-0.15, -0.1) is 0 Å². The van der Waals surface area contributed by atoms with Crippen molar-refractivity contribution in [2.45, 2.75) is 49.1 Å². The van der Waals surface area contributed by atoms with E-state index in [0.717, 1.165) is 28.7 Å². The highest BCUT2D eigenvalue weighted by Crippen LogP contribution is 2.38. The Labute approximate surface area is 370 Å². The van der Waals surface area contributed by atoms with E-state index in [2.05, 4.69) is 0 Å². The van der Waals surface area contributed by atoms with E-state index in [4.69, 9.17) is 79.1 Å². The minimum Gasteiger partial charge on any atom is -0.363 e. The number of benzene rings is 5. The first-order chi connectivity index (χ1) is 27.6. The highest BCUT2D eigenvalue weighted by Gasteiger charge is 2.40. The Balaban J connectivity index is 0.000000196. The van der Waals surface area contributed by atoms with Crippen LogP contribution in [0.25, 0.3) is 0 Å². The summed E-state index contributed by atoms with van der Waals surface area (Å²) in [5, 5.41) is 3.29. The molecule has 2 aliphatic rings. The van der Waals surface area contributed by atoms with Crippen molar-refractivity contribution in [2.75, 3.05) is 31.9 Å². The van der Waals surface area contributed by atoms with E-state index in [-0.39, 0.29) is 35.9 Å². The maximum Gasteiger partial charge on any atom is 0.243 e. The lowest BCUT2D eigenvalue weighted by molar-refractivity contribution is -0.0523. The number of rotatable bonds is 14. The number of ether oxygens (including phenoxy) is 2. The van der Waals surface area contributed by atoms with Crippen molar-refractivity contribution in [3.63, 3.8) is 0 Å². The van der Waals surface area contributed by atoms with Gasteiger partial charge in [0.05, 0.1) is 22.9 Å². The molecular formula is C42H40Cl6N2O6S2. The Morgan fingerprint density at radius 3 is 1.40 bits per heavy atom. The Morgan fingerprint density at radius 1 is 0.569 bits per heavy atom. The van der Waals surface area contributed by atoms with Crippen LogP contribution in [0.2, 0.25) is 30.1 Å². The standard InChI is InChI=1S/C22H18Cl3NO3S.C20H22Cl3NO3S/c23-16-8-6-15(7-9-16)22(20-11-10-17(24)12-21(20)25)29-18-13-26(14-18)30(27,28)19-4-2-1-3-5-19;1-2-3-10-28(25,26)24-12-17(13-24)27-20(14-4-6-15(21)7-5-14)18-9-8-16(22)11-19(18)23/h1-12,18,22H,13-14H2;4-9,11,17,20H,2-3,10,12-13H2,1H3. The van der Waals surface area contributed by atoms with Crippen LogP contribution in [0, 0.1) is 0 Å². The SMILES string of the molecule is CCCCS(=O)(=O)N1CC(OC(c2ccc(Cl)cc2)c2ccc(Cl)cc2Cl)C1.O=S(=O)(c1ccccc1)N1CC(OC(c2ccc(Cl)cc2)c2ccc(Cl)cc2Cl)C1. The van der Waals surface area contributed by atoms with Crippen LogP contribution >= 0.6 is 69.6 Å². The molecule has 2 unspecified atom stereocenters. The van der Waals surface area contributed by atoms with E-state index in [1.807, 2.05) is 43.3 Å². The van der Waals surface area contributed by atoms with E-state index in [9.17, 15) is 16.8 Å². The Morgan fingerprint density at radius 2 is 0.983 bits per heavy atom. The third-order valence-electron chi connectivity index (χ3n) is 9.65. The fourth-order valence-corrected chi connectivity index (χ4v) is 10.8. The second-order valence-corrected chi connectivity index (χ2v) is 20.4. The summed E-state index contributed by atoms with van der Waals surface area (Å²) in [5.74, 6) is 0.180. The second-order valence-electron chi connectivity index (χ2n) is 13.8. The van der Waals surface area contributed by atoms with Crippen LogP contribution in [-0.2, 0) is 29.5 Å². The number of halogens is 6. The van der Waals surface area contributed by atoms with Gasteiger partial charge >= 0.3 is 0 Å². The molecule has 7 rings (SSSR count). The number of hydrogen-bond donors (Lipinski definition) is 0. The monoisotopic (exact) mass is 942 g/mol. The number of sulfonamides is 2. The van der Waals surface area contributed by atoms with Crippen LogP contribution in [0.4, 0.5) is 0 Å². The summed E-state index contributed by atoms with van der Waals surface area (Å²) < 4.78 is 65.5. The van der Waals surface area contributed by atoms with Gasteiger partial charge in [-0.2, -0.15) is 8.61 Å². The molecular weight excluding hydrogens is 905 g/mol. The lowest BCUT2D eigenvalue weighted by Gasteiger charge is -2.40. The second kappa shape index (κ2) is 20.0. The number of nitrogens with zero attached hydrogens (tertiary/aromatic N) is 2. The lowest BCUT2D eigenvalue weighted by atomic mass is 10.0. The van der Waals surface area contributed by atoms with Gasteiger partial charge in [-0.25, -0.2) is 16.8 Å². The average molecular weight is 946 g/mol. The van der Waals surface area contributed by atoms with Gasteiger partial charge in [-0.3, -0.25) is 0 Å². The van der Waals surface area contributed by atoms with Crippen LogP contribution in [-0.4, -0.2) is 69.6 Å². The predicted octanol–water partition coefficient (Wildman–Crippen LogP) is 11.4. The molecule has 0 amide bonds. The van der Waals surface area contributed by atoms with E-state index in [1.54, 1.807) is 78.9 Å². The van der Waals surface area contributed by atoms with Crippen molar-refractivity contribution in [3.05, 3.63) is 168 Å². The smallest absolute Gasteiger partial charge is 0.243 e. The van der Waals surface area contributed by atoms with Gasteiger partial charge in [0.2, 0.25) is 20.0 Å². The van der Waals surface area contributed by atoms with Gasteiger partial charge in [0.15, 0.2) is 0 Å². The molecule has 0 aliphatic carbocycles. The van der Waals surface area contributed by atoms with Crippen LogP contribution < -0.4 is 0 Å². The van der Waals surface area contributed by atoms with Crippen molar-refractivity contribution >= 4 is 89.7 Å². The fraction of sp³-hybridized carbons (Fsp3) is 0.286. The molecule has 2 fully saturated rings. The highest BCUT2D eigenvalue weighted by atomic mass is 35.5. The van der Waals surface area contributed by atoms with Crippen molar-refractivity contribution in [2.24, 2.45) is 0 Å². The van der Waals surface area contributed by atoms with Gasteiger partial charge in [0, 0.05) is 67.4 Å². The third kappa shape index (κ3) is 11.3. The lowest BCUT2D eigenvalue weighted by Crippen LogP contribution is -2.55. The molecule has 0 saturated carbocycles. The topological polar surface area (TPSA) is 93.2 Å².